The maximum absolute atomic E-state index is 13.1. The minimum atomic E-state index is -0.0930. The number of aryl methyl sites for hydroxylation is 3. The number of nitrogens with zero attached hydrogens (tertiary/aromatic N) is 2. The van der Waals surface area contributed by atoms with E-state index < -0.39 is 0 Å². The Kier molecular flexibility index (Phi) is 4.31. The van der Waals surface area contributed by atoms with Gasteiger partial charge in [-0.15, -0.1) is 11.3 Å². The molecule has 2 aromatic heterocycles. The van der Waals surface area contributed by atoms with E-state index in [4.69, 9.17) is 4.98 Å². The summed E-state index contributed by atoms with van der Waals surface area (Å²) < 4.78 is 1.80. The summed E-state index contributed by atoms with van der Waals surface area (Å²) in [6.45, 7) is 2.61. The van der Waals surface area contributed by atoms with Gasteiger partial charge in [-0.2, -0.15) is 0 Å². The standard InChI is InChI=1S/C22H23N3O2S/c1-13-18-21(24-17-11-4-5-12-25(17)22(18)27)28-19(13)20(26)23-16-10-6-8-14-7-2-3-9-15(14)16/h2-3,7,9,16H,4-6,8,10-12H2,1H3,(H,23,26)/t16-/m1/s1. The Bertz CT molecular complexity index is 1140. The third kappa shape index (κ3) is 2.78. The molecule has 6 heteroatoms. The third-order valence-corrected chi connectivity index (χ3v) is 7.23. The molecule has 5 rings (SSSR count). The zero-order valence-electron chi connectivity index (χ0n) is 16.0. The lowest BCUT2D eigenvalue weighted by Crippen LogP contribution is -2.31. The minimum absolute atomic E-state index is 0.00973. The smallest absolute Gasteiger partial charge is 0.262 e. The summed E-state index contributed by atoms with van der Waals surface area (Å²) in [6, 6.07) is 8.38. The Labute approximate surface area is 167 Å². The largest absolute Gasteiger partial charge is 0.345 e. The quantitative estimate of drug-likeness (QED) is 0.718. The highest BCUT2D eigenvalue weighted by molar-refractivity contribution is 7.20. The van der Waals surface area contributed by atoms with Crippen LogP contribution in [0.5, 0.6) is 0 Å². The van der Waals surface area contributed by atoms with Crippen molar-refractivity contribution in [2.45, 2.75) is 58.0 Å². The molecule has 1 amide bonds. The zero-order valence-corrected chi connectivity index (χ0v) is 16.8. The van der Waals surface area contributed by atoms with Gasteiger partial charge in [0.1, 0.15) is 10.7 Å². The second kappa shape index (κ2) is 6.85. The predicted molar refractivity (Wildman–Crippen MR) is 111 cm³/mol. The fourth-order valence-electron chi connectivity index (χ4n) is 4.58. The number of hydrogen-bond donors (Lipinski definition) is 1. The maximum atomic E-state index is 13.1. The summed E-state index contributed by atoms with van der Waals surface area (Å²) in [5.41, 5.74) is 3.31. The van der Waals surface area contributed by atoms with Crippen molar-refractivity contribution in [3.63, 3.8) is 0 Å². The lowest BCUT2D eigenvalue weighted by molar-refractivity contribution is 0.0936. The van der Waals surface area contributed by atoms with Gasteiger partial charge in [0, 0.05) is 13.0 Å². The number of hydrogen-bond acceptors (Lipinski definition) is 4. The molecule has 2 aliphatic rings. The monoisotopic (exact) mass is 393 g/mol. The summed E-state index contributed by atoms with van der Waals surface area (Å²) in [4.78, 5) is 32.1. The Hall–Kier alpha value is -2.47. The van der Waals surface area contributed by atoms with Gasteiger partial charge in [0.15, 0.2) is 0 Å². The van der Waals surface area contributed by atoms with Crippen LogP contribution in [0.1, 0.15) is 63.9 Å². The molecule has 3 heterocycles. The molecule has 144 valence electrons. The summed E-state index contributed by atoms with van der Waals surface area (Å²) in [7, 11) is 0. The van der Waals surface area contributed by atoms with Gasteiger partial charge in [-0.1, -0.05) is 24.3 Å². The van der Waals surface area contributed by atoms with Gasteiger partial charge >= 0.3 is 0 Å². The highest BCUT2D eigenvalue weighted by Gasteiger charge is 2.26. The normalized spacial score (nSPS) is 18.5. The first-order valence-corrected chi connectivity index (χ1v) is 10.9. The highest BCUT2D eigenvalue weighted by atomic mass is 32.1. The number of carbonyl (C=O) groups is 1. The molecule has 0 bridgehead atoms. The lowest BCUT2D eigenvalue weighted by atomic mass is 9.87. The van der Waals surface area contributed by atoms with Crippen molar-refractivity contribution < 1.29 is 4.79 Å². The fraction of sp³-hybridized carbons (Fsp3) is 0.409. The fourth-order valence-corrected chi connectivity index (χ4v) is 5.67. The van der Waals surface area contributed by atoms with Crippen molar-refractivity contribution in [3.05, 3.63) is 62.0 Å². The van der Waals surface area contributed by atoms with Gasteiger partial charge < -0.3 is 5.32 Å². The SMILES string of the molecule is Cc1c(C(=O)N[C@@H]2CCCc3ccccc32)sc2nc3n(c(=O)c12)CCCC3. The lowest BCUT2D eigenvalue weighted by Gasteiger charge is -2.26. The van der Waals surface area contributed by atoms with E-state index in [2.05, 4.69) is 23.5 Å². The van der Waals surface area contributed by atoms with E-state index in [0.717, 1.165) is 56.5 Å². The van der Waals surface area contributed by atoms with E-state index in [1.807, 2.05) is 13.0 Å². The molecule has 3 aromatic rings. The molecule has 0 saturated carbocycles. The summed E-state index contributed by atoms with van der Waals surface area (Å²) >= 11 is 1.35. The van der Waals surface area contributed by atoms with Gasteiger partial charge in [-0.3, -0.25) is 14.2 Å². The van der Waals surface area contributed by atoms with Crippen LogP contribution >= 0.6 is 11.3 Å². The van der Waals surface area contributed by atoms with Gasteiger partial charge in [0.2, 0.25) is 0 Å². The molecular formula is C22H23N3O2S. The number of fused-ring (bicyclic) bond motifs is 3. The van der Waals surface area contributed by atoms with Crippen molar-refractivity contribution in [2.75, 3.05) is 0 Å². The molecule has 0 saturated heterocycles. The molecule has 1 atom stereocenters. The van der Waals surface area contributed by atoms with Crippen LogP contribution in [0.15, 0.2) is 29.1 Å². The summed E-state index contributed by atoms with van der Waals surface area (Å²) in [5, 5.41) is 3.83. The van der Waals surface area contributed by atoms with E-state index in [-0.39, 0.29) is 17.5 Å². The van der Waals surface area contributed by atoms with Crippen molar-refractivity contribution in [1.29, 1.82) is 0 Å². The predicted octanol–water partition coefficient (Wildman–Crippen LogP) is 3.91. The van der Waals surface area contributed by atoms with Crippen LogP contribution in [0.25, 0.3) is 10.2 Å². The molecule has 1 aromatic carbocycles. The molecule has 1 aliphatic heterocycles. The van der Waals surface area contributed by atoms with Crippen LogP contribution in [0.2, 0.25) is 0 Å². The van der Waals surface area contributed by atoms with E-state index in [1.54, 1.807) is 4.57 Å². The van der Waals surface area contributed by atoms with E-state index in [9.17, 15) is 9.59 Å². The molecule has 28 heavy (non-hydrogen) atoms. The molecule has 1 N–H and O–H groups in total. The molecule has 0 unspecified atom stereocenters. The minimum Gasteiger partial charge on any atom is -0.345 e. The molecular weight excluding hydrogens is 370 g/mol. The van der Waals surface area contributed by atoms with E-state index in [0.29, 0.717) is 15.1 Å². The Morgan fingerprint density at radius 2 is 2.07 bits per heavy atom. The van der Waals surface area contributed by atoms with Crippen molar-refractivity contribution in [1.82, 2.24) is 14.9 Å². The average Bonchev–Trinajstić information content (AvgIpc) is 3.05. The Morgan fingerprint density at radius 3 is 2.96 bits per heavy atom. The Morgan fingerprint density at radius 1 is 1.21 bits per heavy atom. The maximum Gasteiger partial charge on any atom is 0.262 e. The van der Waals surface area contributed by atoms with Crippen LogP contribution < -0.4 is 10.9 Å². The van der Waals surface area contributed by atoms with Crippen LogP contribution in [0, 0.1) is 6.92 Å². The average molecular weight is 394 g/mol. The molecule has 0 radical (unpaired) electrons. The highest BCUT2D eigenvalue weighted by Crippen LogP contribution is 2.32. The molecule has 1 aliphatic carbocycles. The van der Waals surface area contributed by atoms with Gasteiger partial charge in [0.05, 0.1) is 16.3 Å². The number of benzene rings is 1. The van der Waals surface area contributed by atoms with Crippen molar-refractivity contribution in [2.24, 2.45) is 0 Å². The number of thiophene rings is 1. The first-order chi connectivity index (χ1) is 13.6. The topological polar surface area (TPSA) is 64.0 Å². The number of nitrogens with one attached hydrogen (secondary N) is 1. The van der Waals surface area contributed by atoms with Crippen LogP contribution in [0.4, 0.5) is 0 Å². The molecule has 0 fully saturated rings. The van der Waals surface area contributed by atoms with Crippen molar-refractivity contribution in [3.8, 4) is 0 Å². The number of rotatable bonds is 2. The summed E-state index contributed by atoms with van der Waals surface area (Å²) in [5.74, 6) is 0.766. The number of amides is 1. The Balaban J connectivity index is 1.52. The van der Waals surface area contributed by atoms with Crippen LogP contribution in [-0.4, -0.2) is 15.5 Å². The number of carbonyl (C=O) groups excluding carboxylic acids is 1. The van der Waals surface area contributed by atoms with Gasteiger partial charge in [0.25, 0.3) is 11.5 Å². The molecule has 5 nitrogen and oxygen atoms in total. The van der Waals surface area contributed by atoms with Gasteiger partial charge in [-0.05, 0) is 55.7 Å². The van der Waals surface area contributed by atoms with Crippen LogP contribution in [-0.2, 0) is 19.4 Å². The van der Waals surface area contributed by atoms with Crippen molar-refractivity contribution >= 4 is 27.5 Å². The first-order valence-electron chi connectivity index (χ1n) is 10.0. The zero-order chi connectivity index (χ0) is 19.3. The van der Waals surface area contributed by atoms with E-state index >= 15 is 0 Å². The number of aromatic nitrogens is 2. The first kappa shape index (κ1) is 17.6. The van der Waals surface area contributed by atoms with E-state index in [1.165, 1.54) is 22.5 Å². The third-order valence-electron chi connectivity index (χ3n) is 6.04. The second-order valence-electron chi connectivity index (χ2n) is 7.80. The second-order valence-corrected chi connectivity index (χ2v) is 8.79. The van der Waals surface area contributed by atoms with Crippen LogP contribution in [0.3, 0.4) is 0 Å². The van der Waals surface area contributed by atoms with Gasteiger partial charge in [-0.25, -0.2) is 4.98 Å². The summed E-state index contributed by atoms with van der Waals surface area (Å²) in [6.07, 6.45) is 6.00. The molecule has 0 spiro atoms.